The minimum Gasteiger partial charge on any atom is -0.485 e. The van der Waals surface area contributed by atoms with Crippen molar-refractivity contribution in [1.82, 2.24) is 15.5 Å². The zero-order valence-corrected chi connectivity index (χ0v) is 27.4. The predicted octanol–water partition coefficient (Wildman–Crippen LogP) is 4.03. The summed E-state index contributed by atoms with van der Waals surface area (Å²) in [5, 5.41) is 5.07. The number of nitrogens with one attached hydrogen (secondary N) is 2. The van der Waals surface area contributed by atoms with Gasteiger partial charge >= 0.3 is 5.97 Å². The molecule has 12 nitrogen and oxygen atoms in total. The third-order valence-corrected chi connectivity index (χ3v) is 7.89. The smallest absolute Gasteiger partial charge is 0.309 e. The van der Waals surface area contributed by atoms with Gasteiger partial charge in [-0.2, -0.15) is 0 Å². The van der Waals surface area contributed by atoms with Crippen molar-refractivity contribution in [2.45, 2.75) is 116 Å². The van der Waals surface area contributed by atoms with E-state index in [-0.39, 0.29) is 59.9 Å². The van der Waals surface area contributed by atoms with Crippen LogP contribution in [-0.2, 0) is 28.7 Å². The summed E-state index contributed by atoms with van der Waals surface area (Å²) in [6, 6.07) is 3.48. The molecule has 0 aliphatic carbocycles. The van der Waals surface area contributed by atoms with Crippen LogP contribution in [0.3, 0.4) is 0 Å². The van der Waals surface area contributed by atoms with Gasteiger partial charge in [0.25, 0.3) is 11.8 Å². The summed E-state index contributed by atoms with van der Waals surface area (Å²) in [5.74, 6) is -3.11. The number of ketones is 1. The second-order valence-corrected chi connectivity index (χ2v) is 13.0. The second kappa shape index (κ2) is 17.0. The lowest BCUT2D eigenvalue weighted by molar-refractivity contribution is -0.159. The molecule has 1 fully saturated rings. The zero-order valence-electron chi connectivity index (χ0n) is 27.4. The van der Waals surface area contributed by atoms with Gasteiger partial charge < -0.3 is 14.8 Å². The first-order chi connectivity index (χ1) is 21.8. The fourth-order valence-electron chi connectivity index (χ4n) is 5.35. The van der Waals surface area contributed by atoms with Crippen LogP contribution in [0.15, 0.2) is 18.2 Å². The highest BCUT2D eigenvalue weighted by Crippen LogP contribution is 2.33. The molecule has 0 saturated carbocycles. The van der Waals surface area contributed by atoms with Crippen molar-refractivity contribution < 1.29 is 43.0 Å². The highest BCUT2D eigenvalue weighted by Gasteiger charge is 2.46. The maximum atomic E-state index is 13.1. The van der Waals surface area contributed by atoms with E-state index >= 15 is 0 Å². The average Bonchev–Trinajstić information content (AvgIpc) is 3.24. The number of hydrogen-bond donors (Lipinski definition) is 2. The Balaban J connectivity index is 1.25. The summed E-state index contributed by atoms with van der Waals surface area (Å²) in [4.78, 5) is 87.2. The Bertz CT molecular complexity index is 1320. The number of ether oxygens (including phenoxy) is 2. The minimum absolute atomic E-state index is 0.0253. The summed E-state index contributed by atoms with van der Waals surface area (Å²) < 4.78 is 11.0. The molecular formula is C34H47N3O9. The summed E-state index contributed by atoms with van der Waals surface area (Å²) in [7, 11) is 0. The number of piperidine rings is 1. The first-order valence-electron chi connectivity index (χ1n) is 16.3. The van der Waals surface area contributed by atoms with Crippen LogP contribution in [0.25, 0.3) is 0 Å². The number of esters is 1. The van der Waals surface area contributed by atoms with Crippen LogP contribution in [0.5, 0.6) is 5.75 Å². The molecule has 0 radical (unpaired) electrons. The lowest BCUT2D eigenvalue weighted by Gasteiger charge is -2.27. The Labute approximate surface area is 270 Å². The fourth-order valence-corrected chi connectivity index (χ4v) is 5.35. The molecule has 0 bridgehead atoms. The largest absolute Gasteiger partial charge is 0.485 e. The van der Waals surface area contributed by atoms with Gasteiger partial charge in [0.1, 0.15) is 24.0 Å². The molecule has 2 heterocycles. The Morgan fingerprint density at radius 2 is 1.63 bits per heavy atom. The van der Waals surface area contributed by atoms with Crippen molar-refractivity contribution in [2.24, 2.45) is 5.92 Å². The van der Waals surface area contributed by atoms with Crippen LogP contribution in [0.4, 0.5) is 0 Å². The molecule has 0 aromatic heterocycles. The van der Waals surface area contributed by atoms with Crippen LogP contribution >= 0.6 is 0 Å². The number of imide groups is 2. The Morgan fingerprint density at radius 3 is 2.30 bits per heavy atom. The van der Waals surface area contributed by atoms with Crippen molar-refractivity contribution in [3.05, 3.63) is 29.3 Å². The predicted molar refractivity (Wildman–Crippen MR) is 168 cm³/mol. The summed E-state index contributed by atoms with van der Waals surface area (Å²) >= 11 is 0. The standard InChI is InChI=1S/C34H47N3O9/c1-22(33(44)46-34(2,3)4)16-18-27(39)35-20-11-9-7-5-6-8-10-13-23(38)21-45-26-15-12-14-24-29(26)32(43)37(31(24)42)25-17-19-28(40)36-30(25)41/h12,14-15,22,25H,5-11,13,16-21H2,1-4H3,(H,35,39)(H,36,40,41)/t22-,25?/m0/s1. The third kappa shape index (κ3) is 10.8. The second-order valence-electron chi connectivity index (χ2n) is 13.0. The highest BCUT2D eigenvalue weighted by atomic mass is 16.6. The number of Topliss-reactive ketones (excluding diaryl/α,β-unsaturated/α-hetero) is 1. The van der Waals surface area contributed by atoms with Gasteiger partial charge in [0.05, 0.1) is 17.0 Å². The topological polar surface area (TPSA) is 165 Å². The monoisotopic (exact) mass is 641 g/mol. The molecule has 2 aliphatic heterocycles. The molecule has 3 rings (SSSR count). The molecule has 2 atom stereocenters. The van der Waals surface area contributed by atoms with Crippen molar-refractivity contribution in [3.8, 4) is 5.75 Å². The quantitative estimate of drug-likeness (QED) is 0.137. The van der Waals surface area contributed by atoms with Crippen molar-refractivity contribution >= 4 is 41.3 Å². The van der Waals surface area contributed by atoms with Crippen LogP contribution in [-0.4, -0.2) is 71.0 Å². The lowest BCUT2D eigenvalue weighted by Crippen LogP contribution is -2.54. The van der Waals surface area contributed by atoms with Crippen LogP contribution < -0.4 is 15.4 Å². The summed E-state index contributed by atoms with van der Waals surface area (Å²) in [6.45, 7) is 7.60. The number of nitrogens with zero attached hydrogens (tertiary/aromatic N) is 1. The van der Waals surface area contributed by atoms with Gasteiger partial charge in [0, 0.05) is 25.8 Å². The Kier molecular flexibility index (Phi) is 13.4. The van der Waals surface area contributed by atoms with E-state index in [1.807, 2.05) is 20.8 Å². The van der Waals surface area contributed by atoms with E-state index in [9.17, 15) is 33.6 Å². The van der Waals surface area contributed by atoms with Crippen LogP contribution in [0, 0.1) is 5.92 Å². The van der Waals surface area contributed by atoms with Gasteiger partial charge in [-0.3, -0.25) is 43.8 Å². The van der Waals surface area contributed by atoms with Gasteiger partial charge in [-0.15, -0.1) is 0 Å². The fraction of sp³-hybridized carbons (Fsp3) is 0.618. The molecule has 1 unspecified atom stereocenters. The molecule has 2 aliphatic rings. The third-order valence-electron chi connectivity index (χ3n) is 7.89. The van der Waals surface area contributed by atoms with Gasteiger partial charge in [-0.1, -0.05) is 45.1 Å². The first kappa shape index (κ1) is 36.4. The number of benzene rings is 1. The summed E-state index contributed by atoms with van der Waals surface area (Å²) in [5.41, 5.74) is -0.408. The molecule has 0 spiro atoms. The number of hydrogen-bond acceptors (Lipinski definition) is 9. The highest BCUT2D eigenvalue weighted by molar-refractivity contribution is 6.24. The SMILES string of the molecule is C[C@@H](CCC(=O)NCCCCCCCCCC(=O)COc1cccc2c1C(=O)N(C1CCC(=O)NC1=O)C2=O)C(=O)OC(C)(C)C. The molecule has 2 N–H and O–H groups in total. The van der Waals surface area contributed by atoms with Crippen molar-refractivity contribution in [2.75, 3.05) is 13.2 Å². The van der Waals surface area contributed by atoms with E-state index < -0.39 is 35.3 Å². The van der Waals surface area contributed by atoms with Crippen molar-refractivity contribution in [1.29, 1.82) is 0 Å². The maximum Gasteiger partial charge on any atom is 0.309 e. The molecular weight excluding hydrogens is 594 g/mol. The van der Waals surface area contributed by atoms with Gasteiger partial charge in [-0.05, 0) is 58.6 Å². The molecule has 252 valence electrons. The number of fused-ring (bicyclic) bond motifs is 1. The van der Waals surface area contributed by atoms with E-state index in [2.05, 4.69) is 10.6 Å². The van der Waals surface area contributed by atoms with Gasteiger partial charge in [0.2, 0.25) is 17.7 Å². The molecule has 46 heavy (non-hydrogen) atoms. The molecule has 12 heteroatoms. The molecule has 1 aromatic rings. The molecule has 5 amide bonds. The summed E-state index contributed by atoms with van der Waals surface area (Å²) in [6.07, 6.45) is 7.70. The van der Waals surface area contributed by atoms with E-state index in [4.69, 9.17) is 9.47 Å². The van der Waals surface area contributed by atoms with E-state index in [0.717, 1.165) is 43.4 Å². The minimum atomic E-state index is -1.07. The van der Waals surface area contributed by atoms with E-state index in [0.29, 0.717) is 32.2 Å². The Hall–Kier alpha value is -4.09. The van der Waals surface area contributed by atoms with Gasteiger partial charge in [-0.25, -0.2) is 0 Å². The normalized spacial score (nSPS) is 17.0. The van der Waals surface area contributed by atoms with E-state index in [1.54, 1.807) is 13.0 Å². The number of carbonyl (C=O) groups excluding carboxylic acids is 7. The van der Waals surface area contributed by atoms with Crippen molar-refractivity contribution in [3.63, 3.8) is 0 Å². The van der Waals surface area contributed by atoms with E-state index in [1.165, 1.54) is 12.1 Å². The average molecular weight is 642 g/mol. The number of carbonyl (C=O) groups is 7. The lowest BCUT2D eigenvalue weighted by atomic mass is 10.0. The molecule has 1 aromatic carbocycles. The number of unbranched alkanes of at least 4 members (excludes halogenated alkanes) is 6. The Morgan fingerprint density at radius 1 is 0.957 bits per heavy atom. The first-order valence-corrected chi connectivity index (χ1v) is 16.3. The maximum absolute atomic E-state index is 13.1. The van der Waals surface area contributed by atoms with Gasteiger partial charge in [0.15, 0.2) is 5.78 Å². The van der Waals surface area contributed by atoms with Crippen LogP contribution in [0.2, 0.25) is 0 Å². The number of rotatable bonds is 18. The molecule has 1 saturated heterocycles. The number of amides is 5. The zero-order chi connectivity index (χ0) is 33.9. The van der Waals surface area contributed by atoms with Crippen LogP contribution in [0.1, 0.15) is 125 Å².